The van der Waals surface area contributed by atoms with Crippen molar-refractivity contribution in [2.75, 3.05) is 7.11 Å². The Morgan fingerprint density at radius 3 is 2.88 bits per heavy atom. The summed E-state index contributed by atoms with van der Waals surface area (Å²) in [5.74, 6) is 2.44. The smallest absolute Gasteiger partial charge is 0.237 e. The van der Waals surface area contributed by atoms with E-state index < -0.39 is 0 Å². The third-order valence-corrected chi connectivity index (χ3v) is 4.49. The number of ether oxygens (including phenoxy) is 1. The maximum absolute atomic E-state index is 5.26. The summed E-state index contributed by atoms with van der Waals surface area (Å²) in [4.78, 5) is 4.34. The lowest BCUT2D eigenvalue weighted by molar-refractivity contribution is 0.109. The van der Waals surface area contributed by atoms with Crippen LogP contribution >= 0.6 is 11.8 Å². The van der Waals surface area contributed by atoms with Crippen molar-refractivity contribution in [3.63, 3.8) is 0 Å². The van der Waals surface area contributed by atoms with Crippen molar-refractivity contribution in [1.29, 1.82) is 0 Å². The molecule has 0 fully saturated rings. The predicted octanol–water partition coefficient (Wildman–Crippen LogP) is 3.27. The van der Waals surface area contributed by atoms with Gasteiger partial charge in [-0.1, -0.05) is 29.1 Å². The molecule has 0 unspecified atom stereocenters. The van der Waals surface area contributed by atoms with E-state index in [2.05, 4.69) is 39.4 Å². The molecule has 0 saturated carbocycles. The zero-order chi connectivity index (χ0) is 17.1. The van der Waals surface area contributed by atoms with Gasteiger partial charge in [0, 0.05) is 12.8 Å². The molecule has 0 aliphatic carbocycles. The minimum absolute atomic E-state index is 0.189. The minimum atomic E-state index is -0.189. The van der Waals surface area contributed by atoms with Gasteiger partial charge in [-0.25, -0.2) is 0 Å². The Bertz CT molecular complexity index is 829. The number of benzene rings is 1. The molecular weight excluding hydrogens is 326 g/mol. The Morgan fingerprint density at radius 1 is 1.29 bits per heavy atom. The van der Waals surface area contributed by atoms with Gasteiger partial charge in [0.25, 0.3) is 0 Å². The number of nitrogens with zero attached hydrogens (tertiary/aromatic N) is 5. The first-order chi connectivity index (χ1) is 11.6. The Hall–Kier alpha value is -2.19. The predicted molar refractivity (Wildman–Crippen MR) is 90.1 cm³/mol. The molecule has 7 nitrogen and oxygen atoms in total. The molecule has 0 N–H and O–H groups in total. The van der Waals surface area contributed by atoms with Gasteiger partial charge in [0.2, 0.25) is 5.89 Å². The fourth-order valence-corrected chi connectivity index (χ4v) is 3.06. The summed E-state index contributed by atoms with van der Waals surface area (Å²) in [6.07, 6.45) is -0.189. The Labute approximate surface area is 144 Å². The molecule has 0 amide bonds. The third-order valence-electron chi connectivity index (χ3n) is 3.58. The lowest BCUT2D eigenvalue weighted by atomic mass is 10.2. The molecule has 1 aromatic carbocycles. The number of hydrogen-bond donors (Lipinski definition) is 0. The Kier molecular flexibility index (Phi) is 4.96. The Balaban J connectivity index is 1.78. The second kappa shape index (κ2) is 7.14. The summed E-state index contributed by atoms with van der Waals surface area (Å²) in [6.45, 7) is 5.87. The van der Waals surface area contributed by atoms with E-state index in [1.165, 1.54) is 17.3 Å². The van der Waals surface area contributed by atoms with Gasteiger partial charge in [0.1, 0.15) is 11.9 Å². The zero-order valence-electron chi connectivity index (χ0n) is 14.1. The number of methoxy groups -OCH3 is 1. The number of hydrogen-bond acceptors (Lipinski definition) is 7. The van der Waals surface area contributed by atoms with Crippen LogP contribution in [0.4, 0.5) is 0 Å². The van der Waals surface area contributed by atoms with E-state index in [-0.39, 0.29) is 6.10 Å². The van der Waals surface area contributed by atoms with Crippen LogP contribution in [-0.4, -0.2) is 32.0 Å². The van der Waals surface area contributed by atoms with Crippen LogP contribution in [0.2, 0.25) is 0 Å². The monoisotopic (exact) mass is 345 g/mol. The molecule has 24 heavy (non-hydrogen) atoms. The lowest BCUT2D eigenvalue weighted by Crippen LogP contribution is -2.00. The van der Waals surface area contributed by atoms with Crippen LogP contribution in [0.1, 0.15) is 36.1 Å². The van der Waals surface area contributed by atoms with Gasteiger partial charge in [-0.3, -0.25) is 4.57 Å². The highest BCUT2D eigenvalue weighted by Crippen LogP contribution is 2.25. The number of aryl methyl sites for hydroxylation is 2. The fourth-order valence-electron chi connectivity index (χ4n) is 2.22. The molecule has 0 saturated heterocycles. The minimum Gasteiger partial charge on any atom is -0.374 e. The van der Waals surface area contributed by atoms with Crippen LogP contribution in [-0.2, 0) is 10.5 Å². The van der Waals surface area contributed by atoms with Crippen molar-refractivity contribution in [2.45, 2.75) is 37.8 Å². The highest BCUT2D eigenvalue weighted by atomic mass is 32.2. The van der Waals surface area contributed by atoms with Gasteiger partial charge < -0.3 is 9.26 Å². The topological polar surface area (TPSA) is 78.9 Å². The van der Waals surface area contributed by atoms with Gasteiger partial charge in [-0.05, 0) is 38.5 Å². The lowest BCUT2D eigenvalue weighted by Gasteiger charge is -2.08. The van der Waals surface area contributed by atoms with Gasteiger partial charge in [-0.2, -0.15) is 4.98 Å². The zero-order valence-corrected chi connectivity index (χ0v) is 14.9. The van der Waals surface area contributed by atoms with E-state index in [0.29, 0.717) is 17.5 Å². The molecular formula is C16H19N5O2S. The van der Waals surface area contributed by atoms with E-state index in [4.69, 9.17) is 9.26 Å². The standard InChI is InChI=1S/C16H19N5O2S/c1-10-6-5-7-13(8-10)21-12(3)18-19-16(21)24-9-14-17-15(20-23-14)11(2)22-4/h5-8,11H,9H2,1-4H3/t11-/m0/s1. The van der Waals surface area contributed by atoms with Crippen molar-refractivity contribution in [2.24, 2.45) is 0 Å². The normalized spacial score (nSPS) is 12.5. The second-order valence-electron chi connectivity index (χ2n) is 5.42. The molecule has 1 atom stereocenters. The number of rotatable bonds is 6. The molecule has 0 aliphatic rings. The van der Waals surface area contributed by atoms with Crippen molar-refractivity contribution in [1.82, 2.24) is 24.9 Å². The molecule has 0 spiro atoms. The first kappa shape index (κ1) is 16.7. The van der Waals surface area contributed by atoms with E-state index in [1.54, 1.807) is 7.11 Å². The average molecular weight is 345 g/mol. The van der Waals surface area contributed by atoms with Crippen LogP contribution in [0.5, 0.6) is 0 Å². The second-order valence-corrected chi connectivity index (χ2v) is 6.36. The van der Waals surface area contributed by atoms with Crippen LogP contribution in [0, 0.1) is 13.8 Å². The summed E-state index contributed by atoms with van der Waals surface area (Å²) in [5, 5.41) is 13.2. The van der Waals surface area contributed by atoms with Gasteiger partial charge in [0.15, 0.2) is 11.0 Å². The van der Waals surface area contributed by atoms with Crippen LogP contribution in [0.25, 0.3) is 5.69 Å². The quantitative estimate of drug-likeness (QED) is 0.634. The maximum Gasteiger partial charge on any atom is 0.237 e. The van der Waals surface area contributed by atoms with Crippen LogP contribution in [0.3, 0.4) is 0 Å². The molecule has 3 rings (SSSR count). The first-order valence-electron chi connectivity index (χ1n) is 7.55. The van der Waals surface area contributed by atoms with Crippen molar-refractivity contribution < 1.29 is 9.26 Å². The third kappa shape index (κ3) is 3.49. The van der Waals surface area contributed by atoms with Crippen molar-refractivity contribution in [3.05, 3.63) is 47.4 Å². The van der Waals surface area contributed by atoms with Crippen LogP contribution < -0.4 is 0 Å². The maximum atomic E-state index is 5.26. The summed E-state index contributed by atoms with van der Waals surface area (Å²) < 4.78 is 12.5. The van der Waals surface area contributed by atoms with E-state index in [0.717, 1.165) is 16.7 Å². The largest absolute Gasteiger partial charge is 0.374 e. The van der Waals surface area contributed by atoms with Crippen LogP contribution in [0.15, 0.2) is 33.9 Å². The van der Waals surface area contributed by atoms with Crippen molar-refractivity contribution >= 4 is 11.8 Å². The molecule has 3 aromatic rings. The summed E-state index contributed by atoms with van der Waals surface area (Å²) in [7, 11) is 1.61. The summed E-state index contributed by atoms with van der Waals surface area (Å²) >= 11 is 1.51. The van der Waals surface area contributed by atoms with E-state index in [1.807, 2.05) is 30.5 Å². The fraction of sp³-hybridized carbons (Fsp3) is 0.375. The highest BCUT2D eigenvalue weighted by molar-refractivity contribution is 7.98. The summed E-state index contributed by atoms with van der Waals surface area (Å²) in [5.41, 5.74) is 2.23. The van der Waals surface area contributed by atoms with Gasteiger partial charge in [0.05, 0.1) is 5.75 Å². The van der Waals surface area contributed by atoms with Gasteiger partial charge >= 0.3 is 0 Å². The van der Waals surface area contributed by atoms with Gasteiger partial charge in [-0.15, -0.1) is 10.2 Å². The molecule has 126 valence electrons. The first-order valence-corrected chi connectivity index (χ1v) is 8.54. The number of aromatic nitrogens is 5. The molecule has 0 bridgehead atoms. The molecule has 2 aromatic heterocycles. The van der Waals surface area contributed by atoms with Crippen molar-refractivity contribution in [3.8, 4) is 5.69 Å². The SMILES string of the molecule is CO[C@@H](C)c1noc(CSc2nnc(C)n2-c2cccc(C)c2)n1. The van der Waals surface area contributed by atoms with E-state index in [9.17, 15) is 0 Å². The molecule has 2 heterocycles. The Morgan fingerprint density at radius 2 is 2.12 bits per heavy atom. The molecule has 0 radical (unpaired) electrons. The average Bonchev–Trinajstić information content (AvgIpc) is 3.19. The number of thioether (sulfide) groups is 1. The highest BCUT2D eigenvalue weighted by Gasteiger charge is 2.16. The molecule has 8 heteroatoms. The summed E-state index contributed by atoms with van der Waals surface area (Å²) in [6, 6.07) is 8.23. The molecule has 0 aliphatic heterocycles. The van der Waals surface area contributed by atoms with E-state index >= 15 is 0 Å².